The number of urea groups is 1. The van der Waals surface area contributed by atoms with Crippen LogP contribution in [0.1, 0.15) is 0 Å². The first kappa shape index (κ1) is 8.04. The molecule has 0 N–H and O–H groups in total. The molecule has 0 aliphatic carbocycles. The van der Waals surface area contributed by atoms with Crippen LogP contribution in [0.3, 0.4) is 0 Å². The van der Waals surface area contributed by atoms with Crippen molar-refractivity contribution in [1.82, 2.24) is 9.88 Å². The van der Waals surface area contributed by atoms with Gasteiger partial charge in [0, 0.05) is 26.3 Å². The molecule has 0 bridgehead atoms. The molecule has 0 atom stereocenters. The third-order valence-electron chi connectivity index (χ3n) is 2.17. The summed E-state index contributed by atoms with van der Waals surface area (Å²) in [5.74, 6) is 0. The maximum atomic E-state index is 11.5. The zero-order valence-corrected chi connectivity index (χ0v) is 7.47. The number of hydrogen-bond acceptors (Lipinski definition) is 2. The van der Waals surface area contributed by atoms with Crippen molar-refractivity contribution in [1.29, 1.82) is 0 Å². The van der Waals surface area contributed by atoms with Gasteiger partial charge in [0.25, 0.3) is 0 Å². The van der Waals surface area contributed by atoms with Crippen molar-refractivity contribution in [3.63, 3.8) is 0 Å². The highest BCUT2D eigenvalue weighted by Crippen LogP contribution is 2.17. The molecule has 13 heavy (non-hydrogen) atoms. The van der Waals surface area contributed by atoms with Gasteiger partial charge in [0.15, 0.2) is 0 Å². The third kappa shape index (κ3) is 1.35. The number of carbonyl (C=O) groups excluding carboxylic acids is 1. The first-order valence-electron chi connectivity index (χ1n) is 4.22. The van der Waals surface area contributed by atoms with Gasteiger partial charge in [-0.2, -0.15) is 0 Å². The van der Waals surface area contributed by atoms with Crippen LogP contribution in [0, 0.1) is 0 Å². The molecule has 1 fully saturated rings. The van der Waals surface area contributed by atoms with Crippen molar-refractivity contribution in [2.24, 2.45) is 0 Å². The number of nitrogens with zero attached hydrogens (tertiary/aromatic N) is 3. The van der Waals surface area contributed by atoms with Crippen LogP contribution in [-0.2, 0) is 0 Å². The summed E-state index contributed by atoms with van der Waals surface area (Å²) >= 11 is 0. The van der Waals surface area contributed by atoms with Crippen molar-refractivity contribution < 1.29 is 4.79 Å². The second-order valence-corrected chi connectivity index (χ2v) is 3.07. The standard InChI is InChI=1S/C9H11N3O/c1-11-5-6-12(9(11)13)8-3-2-4-10-7-8/h2-4,7H,5-6H2,1H3. The Labute approximate surface area is 76.8 Å². The number of likely N-dealkylation sites (N-methyl/N-ethyl adjacent to an activating group) is 1. The lowest BCUT2D eigenvalue weighted by atomic mass is 10.4. The predicted octanol–water partition coefficient (Wildman–Crippen LogP) is 0.953. The minimum absolute atomic E-state index is 0.0491. The van der Waals surface area contributed by atoms with Crippen LogP contribution in [0.25, 0.3) is 0 Å². The molecule has 0 spiro atoms. The molecule has 4 heteroatoms. The van der Waals surface area contributed by atoms with Crippen LogP contribution in [0.2, 0.25) is 0 Å². The summed E-state index contributed by atoms with van der Waals surface area (Å²) in [6.07, 6.45) is 3.41. The van der Waals surface area contributed by atoms with E-state index in [1.165, 1.54) is 0 Å². The minimum Gasteiger partial charge on any atom is -0.326 e. The Hall–Kier alpha value is -1.58. The molecule has 1 aromatic rings. The maximum Gasteiger partial charge on any atom is 0.324 e. The molecule has 2 heterocycles. The van der Waals surface area contributed by atoms with E-state index in [0.717, 1.165) is 18.8 Å². The number of hydrogen-bond donors (Lipinski definition) is 0. The molecular weight excluding hydrogens is 166 g/mol. The Balaban J connectivity index is 2.24. The van der Waals surface area contributed by atoms with E-state index in [9.17, 15) is 4.79 Å². The number of pyridine rings is 1. The first-order valence-corrected chi connectivity index (χ1v) is 4.22. The number of anilines is 1. The van der Waals surface area contributed by atoms with Gasteiger partial charge in [0.1, 0.15) is 0 Å². The molecule has 2 amide bonds. The molecular formula is C9H11N3O. The van der Waals surface area contributed by atoms with Crippen molar-refractivity contribution in [2.75, 3.05) is 25.0 Å². The number of aromatic nitrogens is 1. The average molecular weight is 177 g/mol. The van der Waals surface area contributed by atoms with E-state index in [4.69, 9.17) is 0 Å². The fourth-order valence-corrected chi connectivity index (χ4v) is 1.40. The molecule has 4 nitrogen and oxygen atoms in total. The second kappa shape index (κ2) is 3.05. The zero-order valence-electron chi connectivity index (χ0n) is 7.47. The lowest BCUT2D eigenvalue weighted by Crippen LogP contribution is -2.29. The van der Waals surface area contributed by atoms with Crippen molar-refractivity contribution >= 4 is 11.7 Å². The zero-order chi connectivity index (χ0) is 9.26. The molecule has 2 rings (SSSR count). The fraction of sp³-hybridized carbons (Fsp3) is 0.333. The summed E-state index contributed by atoms with van der Waals surface area (Å²) in [5, 5.41) is 0. The van der Waals surface area contributed by atoms with Gasteiger partial charge >= 0.3 is 6.03 Å². The predicted molar refractivity (Wildman–Crippen MR) is 49.6 cm³/mol. The monoisotopic (exact) mass is 177 g/mol. The van der Waals surface area contributed by atoms with E-state index in [2.05, 4.69) is 4.98 Å². The lowest BCUT2D eigenvalue weighted by molar-refractivity contribution is 0.229. The summed E-state index contributed by atoms with van der Waals surface area (Å²) in [5.41, 5.74) is 0.872. The Bertz CT molecular complexity index is 312. The summed E-state index contributed by atoms with van der Waals surface area (Å²) in [7, 11) is 1.80. The molecule has 0 saturated carbocycles. The summed E-state index contributed by atoms with van der Waals surface area (Å²) in [6.45, 7) is 1.54. The Morgan fingerprint density at radius 2 is 2.31 bits per heavy atom. The van der Waals surface area contributed by atoms with Crippen molar-refractivity contribution in [3.8, 4) is 0 Å². The Morgan fingerprint density at radius 3 is 2.85 bits per heavy atom. The highest BCUT2D eigenvalue weighted by Gasteiger charge is 2.26. The van der Waals surface area contributed by atoms with Crippen molar-refractivity contribution in [2.45, 2.75) is 0 Å². The van der Waals surface area contributed by atoms with Crippen LogP contribution in [0.4, 0.5) is 10.5 Å². The van der Waals surface area contributed by atoms with E-state index in [1.807, 2.05) is 12.1 Å². The molecule has 1 aromatic heterocycles. The van der Waals surface area contributed by atoms with Crippen LogP contribution in [-0.4, -0.2) is 36.1 Å². The van der Waals surface area contributed by atoms with Crippen LogP contribution < -0.4 is 4.90 Å². The van der Waals surface area contributed by atoms with Crippen LogP contribution in [0.5, 0.6) is 0 Å². The van der Waals surface area contributed by atoms with E-state index in [-0.39, 0.29) is 6.03 Å². The molecule has 0 unspecified atom stereocenters. The van der Waals surface area contributed by atoms with Gasteiger partial charge in [0.05, 0.1) is 11.9 Å². The molecule has 1 aliphatic rings. The van der Waals surface area contributed by atoms with Gasteiger partial charge in [-0.3, -0.25) is 9.88 Å². The number of carbonyl (C=O) groups is 1. The van der Waals surface area contributed by atoms with E-state index >= 15 is 0 Å². The van der Waals surface area contributed by atoms with Gasteiger partial charge in [0.2, 0.25) is 0 Å². The van der Waals surface area contributed by atoms with Crippen LogP contribution in [0.15, 0.2) is 24.5 Å². The normalized spacial score (nSPS) is 16.8. The minimum atomic E-state index is 0.0491. The van der Waals surface area contributed by atoms with Gasteiger partial charge in [-0.05, 0) is 12.1 Å². The molecule has 68 valence electrons. The summed E-state index contributed by atoms with van der Waals surface area (Å²) in [6, 6.07) is 3.78. The van der Waals surface area contributed by atoms with E-state index < -0.39 is 0 Å². The summed E-state index contributed by atoms with van der Waals surface area (Å²) in [4.78, 5) is 18.9. The number of amides is 2. The van der Waals surface area contributed by atoms with Crippen LogP contribution >= 0.6 is 0 Å². The van der Waals surface area contributed by atoms with Crippen molar-refractivity contribution in [3.05, 3.63) is 24.5 Å². The van der Waals surface area contributed by atoms with E-state index in [0.29, 0.717) is 0 Å². The lowest BCUT2D eigenvalue weighted by Gasteiger charge is -2.14. The quantitative estimate of drug-likeness (QED) is 0.640. The smallest absolute Gasteiger partial charge is 0.324 e. The Kier molecular flexibility index (Phi) is 1.88. The topological polar surface area (TPSA) is 36.4 Å². The third-order valence-corrected chi connectivity index (χ3v) is 2.17. The summed E-state index contributed by atoms with van der Waals surface area (Å²) < 4.78 is 0. The highest BCUT2D eigenvalue weighted by atomic mass is 16.2. The molecule has 1 saturated heterocycles. The Morgan fingerprint density at radius 1 is 1.46 bits per heavy atom. The van der Waals surface area contributed by atoms with Gasteiger partial charge < -0.3 is 4.90 Å². The molecule has 0 aromatic carbocycles. The fourth-order valence-electron chi connectivity index (χ4n) is 1.40. The largest absolute Gasteiger partial charge is 0.326 e. The van der Waals surface area contributed by atoms with E-state index in [1.54, 1.807) is 29.2 Å². The maximum absolute atomic E-state index is 11.5. The van der Waals surface area contributed by atoms with Gasteiger partial charge in [-0.25, -0.2) is 4.79 Å². The molecule has 0 radical (unpaired) electrons. The number of rotatable bonds is 1. The average Bonchev–Trinajstić information content (AvgIpc) is 2.49. The second-order valence-electron chi connectivity index (χ2n) is 3.07. The van der Waals surface area contributed by atoms with Gasteiger partial charge in [-0.1, -0.05) is 0 Å². The highest BCUT2D eigenvalue weighted by molar-refractivity contribution is 5.93. The molecule has 1 aliphatic heterocycles. The van der Waals surface area contributed by atoms with Gasteiger partial charge in [-0.15, -0.1) is 0 Å². The first-order chi connectivity index (χ1) is 6.29. The SMILES string of the molecule is CN1CCN(c2cccnc2)C1=O.